The van der Waals surface area contributed by atoms with Crippen LogP contribution in [-0.4, -0.2) is 14.9 Å². The lowest BCUT2D eigenvalue weighted by atomic mass is 10.2. The molecule has 0 aliphatic rings. The van der Waals surface area contributed by atoms with Crippen LogP contribution in [0, 0.1) is 17.0 Å². The summed E-state index contributed by atoms with van der Waals surface area (Å²) in [6, 6.07) is 14.3. The van der Waals surface area contributed by atoms with Crippen molar-refractivity contribution < 1.29 is 4.92 Å². The van der Waals surface area contributed by atoms with Crippen molar-refractivity contribution in [3.63, 3.8) is 0 Å². The lowest BCUT2D eigenvalue weighted by molar-refractivity contribution is -0.383. The predicted octanol–water partition coefficient (Wildman–Crippen LogP) is 4.83. The van der Waals surface area contributed by atoms with E-state index < -0.39 is 4.92 Å². The second kappa shape index (κ2) is 7.14. The number of hydrogen-bond acceptors (Lipinski definition) is 6. The first-order valence-corrected chi connectivity index (χ1v) is 7.76. The maximum absolute atomic E-state index is 11.6. The van der Waals surface area contributed by atoms with E-state index >= 15 is 0 Å². The first-order valence-electron chi connectivity index (χ1n) is 7.38. The Morgan fingerprint density at radius 2 is 1.60 bits per heavy atom. The summed E-state index contributed by atoms with van der Waals surface area (Å²) >= 11 is 5.95. The highest BCUT2D eigenvalue weighted by Crippen LogP contribution is 2.33. The van der Waals surface area contributed by atoms with E-state index in [-0.39, 0.29) is 17.3 Å². The minimum atomic E-state index is -0.523. The molecule has 0 atom stereocenters. The van der Waals surface area contributed by atoms with Gasteiger partial charge in [-0.25, -0.2) is 9.97 Å². The van der Waals surface area contributed by atoms with Crippen LogP contribution in [0.15, 0.2) is 54.9 Å². The first kappa shape index (κ1) is 16.7. The molecule has 25 heavy (non-hydrogen) atoms. The van der Waals surface area contributed by atoms with Crippen molar-refractivity contribution in [3.8, 4) is 0 Å². The van der Waals surface area contributed by atoms with Crippen molar-refractivity contribution in [2.75, 3.05) is 10.6 Å². The smallest absolute Gasteiger partial charge is 0.334 e. The van der Waals surface area contributed by atoms with Crippen molar-refractivity contribution in [2.45, 2.75) is 6.92 Å². The Morgan fingerprint density at radius 3 is 2.16 bits per heavy atom. The Labute approximate surface area is 148 Å². The average molecular weight is 356 g/mol. The van der Waals surface area contributed by atoms with Gasteiger partial charge < -0.3 is 10.6 Å². The number of rotatable bonds is 5. The zero-order valence-electron chi connectivity index (χ0n) is 13.2. The van der Waals surface area contributed by atoms with Gasteiger partial charge in [-0.1, -0.05) is 29.8 Å². The number of halogens is 1. The molecular weight excluding hydrogens is 342 g/mol. The summed E-state index contributed by atoms with van der Waals surface area (Å²) in [5, 5.41) is 18.0. The summed E-state index contributed by atoms with van der Waals surface area (Å²) < 4.78 is 0. The number of nitrogens with one attached hydrogen (secondary N) is 2. The highest BCUT2D eigenvalue weighted by molar-refractivity contribution is 6.30. The first-order chi connectivity index (χ1) is 12.0. The fraction of sp³-hybridized carbons (Fsp3) is 0.0588. The van der Waals surface area contributed by atoms with E-state index in [1.54, 1.807) is 24.3 Å². The molecule has 2 N–H and O–H groups in total. The number of nitrogens with zero attached hydrogens (tertiary/aromatic N) is 3. The van der Waals surface area contributed by atoms with Crippen LogP contribution in [0.4, 0.5) is 28.7 Å². The fourth-order valence-corrected chi connectivity index (χ4v) is 2.49. The summed E-state index contributed by atoms with van der Waals surface area (Å²) in [6.07, 6.45) is 1.26. The number of aryl methyl sites for hydroxylation is 1. The normalized spacial score (nSPS) is 10.3. The molecule has 3 aromatic rings. The van der Waals surface area contributed by atoms with Gasteiger partial charge in [0.05, 0.1) is 4.92 Å². The number of aromatic nitrogens is 2. The molecule has 1 aromatic heterocycles. The van der Waals surface area contributed by atoms with Crippen LogP contribution in [0.3, 0.4) is 0 Å². The lowest BCUT2D eigenvalue weighted by Crippen LogP contribution is -2.05. The van der Waals surface area contributed by atoms with Gasteiger partial charge in [-0.2, -0.15) is 0 Å². The Balaban J connectivity index is 1.98. The molecular formula is C17H14ClN5O2. The summed E-state index contributed by atoms with van der Waals surface area (Å²) in [4.78, 5) is 19.1. The molecule has 7 nitrogen and oxygen atoms in total. The van der Waals surface area contributed by atoms with E-state index in [1.165, 1.54) is 6.33 Å². The van der Waals surface area contributed by atoms with Gasteiger partial charge in [0.25, 0.3) is 0 Å². The average Bonchev–Trinajstić information content (AvgIpc) is 2.55. The molecule has 126 valence electrons. The Bertz CT molecular complexity index is 867. The van der Waals surface area contributed by atoms with Crippen molar-refractivity contribution in [2.24, 2.45) is 0 Å². The molecule has 3 rings (SSSR count). The fourth-order valence-electron chi connectivity index (χ4n) is 2.30. The van der Waals surface area contributed by atoms with Gasteiger partial charge in [0.2, 0.25) is 11.6 Å². The standard InChI is InChI=1S/C17H14ClN5O2/c1-11-4-2-6-13(8-11)21-16-15(23(24)25)17(20-10-19-16)22-14-7-3-5-12(18)9-14/h2-10H,1H3,(H2,19,20,21,22). The summed E-state index contributed by atoms with van der Waals surface area (Å²) in [5.74, 6) is 0.188. The molecule has 0 unspecified atom stereocenters. The summed E-state index contributed by atoms with van der Waals surface area (Å²) in [7, 11) is 0. The monoisotopic (exact) mass is 355 g/mol. The molecule has 0 bridgehead atoms. The van der Waals surface area contributed by atoms with E-state index in [2.05, 4.69) is 20.6 Å². The van der Waals surface area contributed by atoms with Gasteiger partial charge in [-0.05, 0) is 42.8 Å². The van der Waals surface area contributed by atoms with E-state index in [0.717, 1.165) is 5.56 Å². The van der Waals surface area contributed by atoms with E-state index in [9.17, 15) is 10.1 Å². The SMILES string of the molecule is Cc1cccc(Nc2ncnc(Nc3cccc(Cl)c3)c2[N+](=O)[O-])c1. The topological polar surface area (TPSA) is 93.0 Å². The summed E-state index contributed by atoms with van der Waals surface area (Å²) in [6.45, 7) is 1.94. The van der Waals surface area contributed by atoms with Crippen molar-refractivity contribution >= 4 is 40.3 Å². The minimum absolute atomic E-state index is 0.0809. The Morgan fingerprint density at radius 1 is 1.00 bits per heavy atom. The lowest BCUT2D eigenvalue weighted by Gasteiger charge is -2.10. The third kappa shape index (κ3) is 4.02. The van der Waals surface area contributed by atoms with E-state index in [4.69, 9.17) is 11.6 Å². The molecule has 2 aromatic carbocycles. The molecule has 0 aliphatic carbocycles. The Hall–Kier alpha value is -3.19. The van der Waals surface area contributed by atoms with Crippen molar-refractivity contribution in [1.82, 2.24) is 9.97 Å². The summed E-state index contributed by atoms with van der Waals surface area (Å²) in [5.41, 5.74) is 2.08. The zero-order valence-corrected chi connectivity index (χ0v) is 14.0. The molecule has 0 spiro atoms. The molecule has 0 saturated carbocycles. The molecule has 0 radical (unpaired) electrons. The second-order valence-electron chi connectivity index (χ2n) is 5.31. The quantitative estimate of drug-likeness (QED) is 0.502. The molecule has 0 amide bonds. The number of benzene rings is 2. The van der Waals surface area contributed by atoms with Crippen LogP contribution in [0.1, 0.15) is 5.56 Å². The van der Waals surface area contributed by atoms with Gasteiger partial charge in [0.1, 0.15) is 6.33 Å². The van der Waals surface area contributed by atoms with Crippen LogP contribution in [-0.2, 0) is 0 Å². The largest absolute Gasteiger partial charge is 0.353 e. The van der Waals surface area contributed by atoms with Gasteiger partial charge in [0, 0.05) is 16.4 Å². The van der Waals surface area contributed by atoms with Gasteiger partial charge in [0.15, 0.2) is 0 Å². The van der Waals surface area contributed by atoms with Gasteiger partial charge >= 0.3 is 5.69 Å². The predicted molar refractivity (Wildman–Crippen MR) is 97.9 cm³/mol. The molecule has 1 heterocycles. The van der Waals surface area contributed by atoms with Crippen molar-refractivity contribution in [3.05, 3.63) is 75.6 Å². The van der Waals surface area contributed by atoms with Crippen LogP contribution < -0.4 is 10.6 Å². The number of anilines is 4. The Kier molecular flexibility index (Phi) is 4.76. The van der Waals surface area contributed by atoms with E-state index in [0.29, 0.717) is 16.4 Å². The third-order valence-corrected chi connectivity index (χ3v) is 3.61. The van der Waals surface area contributed by atoms with Crippen LogP contribution >= 0.6 is 11.6 Å². The van der Waals surface area contributed by atoms with E-state index in [1.807, 2.05) is 31.2 Å². The number of nitro groups is 1. The molecule has 0 saturated heterocycles. The van der Waals surface area contributed by atoms with Crippen LogP contribution in [0.2, 0.25) is 5.02 Å². The molecule has 8 heteroatoms. The molecule has 0 aliphatic heterocycles. The third-order valence-electron chi connectivity index (χ3n) is 3.37. The minimum Gasteiger partial charge on any atom is -0.334 e. The maximum atomic E-state index is 11.6. The van der Waals surface area contributed by atoms with Gasteiger partial charge in [-0.3, -0.25) is 10.1 Å². The second-order valence-corrected chi connectivity index (χ2v) is 5.74. The zero-order chi connectivity index (χ0) is 17.8. The highest BCUT2D eigenvalue weighted by Gasteiger charge is 2.23. The van der Waals surface area contributed by atoms with Crippen LogP contribution in [0.25, 0.3) is 0 Å². The van der Waals surface area contributed by atoms with Crippen molar-refractivity contribution in [1.29, 1.82) is 0 Å². The maximum Gasteiger partial charge on any atom is 0.353 e. The molecule has 0 fully saturated rings. The number of hydrogen-bond donors (Lipinski definition) is 2. The highest BCUT2D eigenvalue weighted by atomic mass is 35.5. The van der Waals surface area contributed by atoms with Gasteiger partial charge in [-0.15, -0.1) is 0 Å². The van der Waals surface area contributed by atoms with Crippen LogP contribution in [0.5, 0.6) is 0 Å².